The van der Waals surface area contributed by atoms with Crippen molar-refractivity contribution in [2.75, 3.05) is 33.2 Å². The quantitative estimate of drug-likeness (QED) is 0.586. The van der Waals surface area contributed by atoms with Gasteiger partial charge in [0.05, 0.1) is 13.0 Å². The number of likely N-dealkylation sites (tertiary alicyclic amines) is 1. The van der Waals surface area contributed by atoms with Gasteiger partial charge < -0.3 is 15.5 Å². The molecule has 0 aromatic heterocycles. The zero-order valence-corrected chi connectivity index (χ0v) is 15.6. The molecule has 1 amide bonds. The highest BCUT2D eigenvalue weighted by Crippen LogP contribution is 2.21. The van der Waals surface area contributed by atoms with E-state index in [4.69, 9.17) is 0 Å². The Labute approximate surface area is 158 Å². The summed E-state index contributed by atoms with van der Waals surface area (Å²) < 4.78 is 36.5. The number of nitrogens with zero attached hydrogens (tertiary/aromatic N) is 2. The number of benzene rings is 1. The van der Waals surface area contributed by atoms with Crippen molar-refractivity contribution in [2.45, 2.75) is 31.9 Å². The lowest BCUT2D eigenvalue weighted by molar-refractivity contribution is -0.133. The van der Waals surface area contributed by atoms with Gasteiger partial charge >= 0.3 is 6.18 Å². The zero-order chi connectivity index (χ0) is 19.7. The van der Waals surface area contributed by atoms with Gasteiger partial charge in [-0.05, 0) is 30.7 Å². The highest BCUT2D eigenvalue weighted by Gasteiger charge is 2.26. The third-order valence-electron chi connectivity index (χ3n) is 4.67. The number of amides is 1. The lowest BCUT2D eigenvalue weighted by Gasteiger charge is -2.32. The van der Waals surface area contributed by atoms with Gasteiger partial charge in [0.25, 0.3) is 0 Å². The van der Waals surface area contributed by atoms with E-state index in [1.807, 2.05) is 18.2 Å². The van der Waals surface area contributed by atoms with Crippen LogP contribution in [0, 0.1) is 5.92 Å². The van der Waals surface area contributed by atoms with Gasteiger partial charge in [-0.25, -0.2) is 0 Å². The summed E-state index contributed by atoms with van der Waals surface area (Å²) in [5.74, 6) is 0.708. The Balaban J connectivity index is 1.67. The first-order valence-electron chi connectivity index (χ1n) is 9.20. The number of hydrogen-bond acceptors (Lipinski definition) is 2. The maximum Gasteiger partial charge on any atom is 0.390 e. The van der Waals surface area contributed by atoms with Gasteiger partial charge in [0.15, 0.2) is 5.96 Å². The fourth-order valence-electron chi connectivity index (χ4n) is 3.15. The summed E-state index contributed by atoms with van der Waals surface area (Å²) in [5, 5.41) is 5.35. The van der Waals surface area contributed by atoms with E-state index < -0.39 is 12.6 Å². The Morgan fingerprint density at radius 2 is 1.85 bits per heavy atom. The topological polar surface area (TPSA) is 56.7 Å². The molecule has 0 unspecified atom stereocenters. The van der Waals surface area contributed by atoms with Crippen LogP contribution in [-0.4, -0.2) is 56.2 Å². The van der Waals surface area contributed by atoms with Crippen molar-refractivity contribution < 1.29 is 18.0 Å². The number of hydrogen-bond donors (Lipinski definition) is 2. The highest BCUT2D eigenvalue weighted by molar-refractivity contribution is 5.86. The SMILES string of the molecule is CN=C(NCCC(F)(F)F)NCC(=O)N1CCC(Cc2ccccc2)CC1. The molecule has 1 aromatic rings. The molecule has 0 saturated carbocycles. The van der Waals surface area contributed by atoms with Crippen molar-refractivity contribution in [3.8, 4) is 0 Å². The molecular formula is C19H27F3N4O. The Bertz CT molecular complexity index is 611. The van der Waals surface area contributed by atoms with Crippen LogP contribution in [0.4, 0.5) is 13.2 Å². The average molecular weight is 384 g/mol. The highest BCUT2D eigenvalue weighted by atomic mass is 19.4. The normalized spacial score (nSPS) is 16.3. The summed E-state index contributed by atoms with van der Waals surface area (Å²) in [6, 6.07) is 10.3. The largest absolute Gasteiger partial charge is 0.390 e. The van der Waals surface area contributed by atoms with Crippen molar-refractivity contribution in [2.24, 2.45) is 10.9 Å². The number of alkyl halides is 3. The van der Waals surface area contributed by atoms with E-state index in [9.17, 15) is 18.0 Å². The molecule has 150 valence electrons. The predicted octanol–water partition coefficient (Wildman–Crippen LogP) is 2.59. The molecule has 8 heteroatoms. The van der Waals surface area contributed by atoms with E-state index in [0.717, 1.165) is 19.3 Å². The van der Waals surface area contributed by atoms with Gasteiger partial charge in [-0.3, -0.25) is 9.79 Å². The molecule has 1 fully saturated rings. The Morgan fingerprint density at radius 1 is 1.19 bits per heavy atom. The van der Waals surface area contributed by atoms with Crippen LogP contribution in [0.1, 0.15) is 24.8 Å². The van der Waals surface area contributed by atoms with Crippen LogP contribution in [0.3, 0.4) is 0 Å². The van der Waals surface area contributed by atoms with Crippen molar-refractivity contribution >= 4 is 11.9 Å². The Hall–Kier alpha value is -2.25. The lowest BCUT2D eigenvalue weighted by atomic mass is 9.90. The molecule has 1 aliphatic heterocycles. The molecule has 5 nitrogen and oxygen atoms in total. The maximum absolute atomic E-state index is 12.3. The van der Waals surface area contributed by atoms with Gasteiger partial charge in [-0.2, -0.15) is 13.2 Å². The number of aliphatic imine (C=N–C) groups is 1. The summed E-state index contributed by atoms with van der Waals surface area (Å²) in [7, 11) is 1.46. The van der Waals surface area contributed by atoms with Crippen LogP contribution in [0.2, 0.25) is 0 Å². The van der Waals surface area contributed by atoms with Crippen LogP contribution in [0.15, 0.2) is 35.3 Å². The second-order valence-corrected chi connectivity index (χ2v) is 6.73. The van der Waals surface area contributed by atoms with E-state index in [1.165, 1.54) is 12.6 Å². The number of piperidine rings is 1. The van der Waals surface area contributed by atoms with Gasteiger partial charge in [0.2, 0.25) is 5.91 Å². The van der Waals surface area contributed by atoms with Crippen LogP contribution < -0.4 is 10.6 Å². The lowest BCUT2D eigenvalue weighted by Crippen LogP contribution is -2.47. The Kier molecular flexibility index (Phi) is 7.94. The van der Waals surface area contributed by atoms with Crippen molar-refractivity contribution in [3.05, 3.63) is 35.9 Å². The minimum atomic E-state index is -4.22. The number of carbonyl (C=O) groups is 1. The molecular weight excluding hydrogens is 357 g/mol. The molecule has 0 aliphatic carbocycles. The average Bonchev–Trinajstić information content (AvgIpc) is 2.65. The zero-order valence-electron chi connectivity index (χ0n) is 15.6. The molecule has 0 radical (unpaired) electrons. The molecule has 1 heterocycles. The van der Waals surface area contributed by atoms with E-state index in [-0.39, 0.29) is 25.0 Å². The molecule has 0 atom stereocenters. The van der Waals surface area contributed by atoms with E-state index in [0.29, 0.717) is 19.0 Å². The second-order valence-electron chi connectivity index (χ2n) is 6.73. The molecule has 1 aromatic carbocycles. The minimum Gasteiger partial charge on any atom is -0.356 e. The van der Waals surface area contributed by atoms with Gasteiger partial charge in [-0.1, -0.05) is 30.3 Å². The summed E-state index contributed by atoms with van der Waals surface area (Å²) >= 11 is 0. The third kappa shape index (κ3) is 7.88. The molecule has 2 rings (SSSR count). The summed E-state index contributed by atoms with van der Waals surface area (Å²) in [4.78, 5) is 18.0. The molecule has 0 spiro atoms. The fourth-order valence-corrected chi connectivity index (χ4v) is 3.15. The molecule has 1 aliphatic rings. The van der Waals surface area contributed by atoms with Gasteiger partial charge in [0, 0.05) is 26.7 Å². The second kappa shape index (κ2) is 10.2. The van der Waals surface area contributed by atoms with Crippen LogP contribution in [-0.2, 0) is 11.2 Å². The van der Waals surface area contributed by atoms with Gasteiger partial charge in [0.1, 0.15) is 0 Å². The fraction of sp³-hybridized carbons (Fsp3) is 0.579. The maximum atomic E-state index is 12.3. The number of carbonyl (C=O) groups excluding carboxylic acids is 1. The van der Waals surface area contributed by atoms with E-state index in [2.05, 4.69) is 27.8 Å². The van der Waals surface area contributed by atoms with Crippen molar-refractivity contribution in [1.29, 1.82) is 0 Å². The van der Waals surface area contributed by atoms with Crippen molar-refractivity contribution in [1.82, 2.24) is 15.5 Å². The summed E-state index contributed by atoms with van der Waals surface area (Å²) in [6.07, 6.45) is -2.22. The van der Waals surface area contributed by atoms with E-state index in [1.54, 1.807) is 4.90 Å². The Morgan fingerprint density at radius 3 is 2.44 bits per heavy atom. The van der Waals surface area contributed by atoms with Crippen LogP contribution in [0.25, 0.3) is 0 Å². The summed E-state index contributed by atoms with van der Waals surface area (Å²) in [5.41, 5.74) is 1.32. The van der Waals surface area contributed by atoms with Gasteiger partial charge in [-0.15, -0.1) is 0 Å². The smallest absolute Gasteiger partial charge is 0.356 e. The molecule has 1 saturated heterocycles. The minimum absolute atomic E-state index is 0.0229. The van der Waals surface area contributed by atoms with Crippen LogP contribution >= 0.6 is 0 Å². The number of guanidine groups is 1. The number of nitrogens with one attached hydrogen (secondary N) is 2. The first-order chi connectivity index (χ1) is 12.9. The molecule has 2 N–H and O–H groups in total. The van der Waals surface area contributed by atoms with Crippen molar-refractivity contribution in [3.63, 3.8) is 0 Å². The number of halogens is 3. The first kappa shape index (κ1) is 21.1. The molecule has 27 heavy (non-hydrogen) atoms. The first-order valence-corrected chi connectivity index (χ1v) is 9.20. The number of rotatable bonds is 6. The predicted molar refractivity (Wildman–Crippen MR) is 99.5 cm³/mol. The van der Waals surface area contributed by atoms with Crippen LogP contribution in [0.5, 0.6) is 0 Å². The third-order valence-corrected chi connectivity index (χ3v) is 4.67. The summed E-state index contributed by atoms with van der Waals surface area (Å²) in [6.45, 7) is 1.16. The molecule has 0 bridgehead atoms. The standard InChI is InChI=1S/C19H27F3N4O/c1-23-18(24-10-9-19(20,21)22)25-14-17(27)26-11-7-16(8-12-26)13-15-5-3-2-4-6-15/h2-6,16H,7-14H2,1H3,(H2,23,24,25). The monoisotopic (exact) mass is 384 g/mol. The van der Waals surface area contributed by atoms with E-state index >= 15 is 0 Å².